The summed E-state index contributed by atoms with van der Waals surface area (Å²) < 4.78 is 11.1. The number of likely N-dealkylation sites (tertiary alicyclic amines) is 1. The molecule has 0 spiro atoms. The minimum Gasteiger partial charge on any atom is -0.497 e. The number of ether oxygens (including phenoxy) is 2. The average Bonchev–Trinajstić information content (AvgIpc) is 3.21. The second kappa shape index (κ2) is 8.96. The minimum atomic E-state index is 0.215. The highest BCUT2D eigenvalue weighted by atomic mass is 16.5. The van der Waals surface area contributed by atoms with Gasteiger partial charge in [-0.25, -0.2) is 0 Å². The summed E-state index contributed by atoms with van der Waals surface area (Å²) in [6.45, 7) is 1.68. The molecule has 0 radical (unpaired) electrons. The van der Waals surface area contributed by atoms with Gasteiger partial charge in [0.2, 0.25) is 11.9 Å². The van der Waals surface area contributed by atoms with Crippen LogP contribution in [0.3, 0.4) is 0 Å². The molecule has 4 N–H and O–H groups in total. The molecular formula is C22H27N6O2+. The molecule has 0 bridgehead atoms. The van der Waals surface area contributed by atoms with Crippen LogP contribution in [-0.2, 0) is 6.54 Å². The molecular weight excluding hydrogens is 380 g/mol. The van der Waals surface area contributed by atoms with E-state index in [2.05, 4.69) is 26.3 Å². The third-order valence-electron chi connectivity index (χ3n) is 5.41. The fraction of sp³-hybridized carbons (Fsp3) is 0.318. The Morgan fingerprint density at radius 1 is 1.07 bits per heavy atom. The predicted octanol–water partition coefficient (Wildman–Crippen LogP) is 2.13. The van der Waals surface area contributed by atoms with Gasteiger partial charge in [-0.15, -0.1) is 0 Å². The van der Waals surface area contributed by atoms with Crippen LogP contribution in [0.1, 0.15) is 30.3 Å². The summed E-state index contributed by atoms with van der Waals surface area (Å²) in [4.78, 5) is 14.6. The summed E-state index contributed by atoms with van der Waals surface area (Å²) in [5.74, 6) is 3.05. The van der Waals surface area contributed by atoms with Crippen LogP contribution in [0.2, 0.25) is 0 Å². The molecule has 1 fully saturated rings. The van der Waals surface area contributed by atoms with Crippen molar-refractivity contribution in [2.24, 2.45) is 0 Å². The van der Waals surface area contributed by atoms with Crippen LogP contribution >= 0.6 is 0 Å². The largest absolute Gasteiger partial charge is 0.497 e. The SMILES string of the molecule is COc1ccc(OC)c([C@@H]2CCC[NH+]2Cc2nc(N)nc(Nc3ccccc3)n2)c1. The Morgan fingerprint density at radius 3 is 2.67 bits per heavy atom. The highest BCUT2D eigenvalue weighted by Crippen LogP contribution is 2.31. The van der Waals surface area contributed by atoms with Gasteiger partial charge in [0.25, 0.3) is 0 Å². The summed E-state index contributed by atoms with van der Waals surface area (Å²) in [5, 5.41) is 3.20. The molecule has 0 amide bonds. The molecule has 0 aliphatic carbocycles. The van der Waals surface area contributed by atoms with E-state index in [1.54, 1.807) is 14.2 Å². The maximum absolute atomic E-state index is 5.97. The zero-order chi connectivity index (χ0) is 20.9. The number of methoxy groups -OCH3 is 2. The summed E-state index contributed by atoms with van der Waals surface area (Å²) in [6, 6.07) is 16.0. The lowest BCUT2D eigenvalue weighted by molar-refractivity contribution is -0.932. The fourth-order valence-corrected chi connectivity index (χ4v) is 4.04. The number of nitrogen functional groups attached to an aromatic ring is 1. The Labute approximate surface area is 176 Å². The monoisotopic (exact) mass is 407 g/mol. The Kier molecular flexibility index (Phi) is 5.94. The Hall–Kier alpha value is -3.39. The van der Waals surface area contributed by atoms with Crippen LogP contribution in [0.15, 0.2) is 48.5 Å². The lowest BCUT2D eigenvalue weighted by Gasteiger charge is -2.23. The fourth-order valence-electron chi connectivity index (χ4n) is 4.04. The van der Waals surface area contributed by atoms with Gasteiger partial charge < -0.3 is 25.4 Å². The summed E-state index contributed by atoms with van der Waals surface area (Å²) >= 11 is 0. The minimum absolute atomic E-state index is 0.215. The second-order valence-electron chi connectivity index (χ2n) is 7.31. The molecule has 2 atom stereocenters. The van der Waals surface area contributed by atoms with E-state index in [0.717, 1.165) is 42.1 Å². The van der Waals surface area contributed by atoms with Gasteiger partial charge in [-0.3, -0.25) is 0 Å². The van der Waals surface area contributed by atoms with Gasteiger partial charge >= 0.3 is 0 Å². The first-order valence-corrected chi connectivity index (χ1v) is 10.1. The first-order valence-electron chi connectivity index (χ1n) is 10.1. The number of quaternary nitrogens is 1. The number of nitrogens with zero attached hydrogens (tertiary/aromatic N) is 3. The molecule has 0 saturated carbocycles. The molecule has 4 rings (SSSR count). The highest BCUT2D eigenvalue weighted by molar-refractivity contribution is 5.53. The van der Waals surface area contributed by atoms with E-state index in [0.29, 0.717) is 18.3 Å². The highest BCUT2D eigenvalue weighted by Gasteiger charge is 2.33. The molecule has 1 aliphatic heterocycles. The molecule has 1 aromatic heterocycles. The first-order chi connectivity index (χ1) is 14.7. The molecule has 8 nitrogen and oxygen atoms in total. The third-order valence-corrected chi connectivity index (χ3v) is 5.41. The van der Waals surface area contributed by atoms with Crippen molar-refractivity contribution in [3.05, 3.63) is 59.9 Å². The molecule has 2 heterocycles. The number of hydrogen-bond donors (Lipinski definition) is 3. The molecule has 1 saturated heterocycles. The second-order valence-corrected chi connectivity index (χ2v) is 7.31. The van der Waals surface area contributed by atoms with Crippen LogP contribution < -0.4 is 25.4 Å². The zero-order valence-corrected chi connectivity index (χ0v) is 17.3. The van der Waals surface area contributed by atoms with Crippen LogP contribution in [0.25, 0.3) is 0 Å². The van der Waals surface area contributed by atoms with Crippen molar-refractivity contribution in [2.75, 3.05) is 31.8 Å². The van der Waals surface area contributed by atoms with Gasteiger partial charge in [0.1, 0.15) is 24.1 Å². The van der Waals surface area contributed by atoms with Crippen molar-refractivity contribution in [2.45, 2.75) is 25.4 Å². The number of aromatic nitrogens is 3. The van der Waals surface area contributed by atoms with Crippen molar-refractivity contribution in [1.82, 2.24) is 15.0 Å². The third kappa shape index (κ3) is 4.44. The van der Waals surface area contributed by atoms with Crippen LogP contribution in [0.4, 0.5) is 17.6 Å². The molecule has 1 aliphatic rings. The van der Waals surface area contributed by atoms with E-state index in [1.807, 2.05) is 42.5 Å². The number of nitrogens with one attached hydrogen (secondary N) is 2. The average molecular weight is 407 g/mol. The maximum atomic E-state index is 5.97. The van der Waals surface area contributed by atoms with E-state index < -0.39 is 0 Å². The smallest absolute Gasteiger partial charge is 0.232 e. The van der Waals surface area contributed by atoms with Crippen molar-refractivity contribution in [3.8, 4) is 11.5 Å². The number of rotatable bonds is 7. The predicted molar refractivity (Wildman–Crippen MR) is 115 cm³/mol. The Morgan fingerprint density at radius 2 is 1.90 bits per heavy atom. The molecule has 1 unspecified atom stereocenters. The van der Waals surface area contributed by atoms with E-state index in [4.69, 9.17) is 15.2 Å². The van der Waals surface area contributed by atoms with Gasteiger partial charge in [-0.05, 0) is 30.3 Å². The molecule has 3 aromatic rings. The molecule has 8 heteroatoms. The van der Waals surface area contributed by atoms with E-state index in [1.165, 1.54) is 4.90 Å². The number of hydrogen-bond acceptors (Lipinski definition) is 7. The maximum Gasteiger partial charge on any atom is 0.232 e. The topological polar surface area (TPSA) is 99.6 Å². The van der Waals surface area contributed by atoms with Crippen molar-refractivity contribution in [3.63, 3.8) is 0 Å². The van der Waals surface area contributed by atoms with E-state index >= 15 is 0 Å². The Bertz CT molecular complexity index is 998. The first kappa shape index (κ1) is 19.9. The number of nitrogens with two attached hydrogens (primary N) is 1. The van der Waals surface area contributed by atoms with Gasteiger partial charge in [0.05, 0.1) is 26.3 Å². The van der Waals surface area contributed by atoms with Crippen LogP contribution in [-0.4, -0.2) is 35.7 Å². The van der Waals surface area contributed by atoms with Gasteiger partial charge in [-0.2, -0.15) is 15.0 Å². The molecule has 2 aromatic carbocycles. The van der Waals surface area contributed by atoms with Gasteiger partial charge in [0, 0.05) is 18.5 Å². The summed E-state index contributed by atoms with van der Waals surface area (Å²) in [6.07, 6.45) is 2.19. The summed E-state index contributed by atoms with van der Waals surface area (Å²) in [7, 11) is 3.38. The number of benzene rings is 2. The van der Waals surface area contributed by atoms with Crippen molar-refractivity contribution >= 4 is 17.6 Å². The lowest BCUT2D eigenvalue weighted by atomic mass is 10.0. The molecule has 156 valence electrons. The zero-order valence-electron chi connectivity index (χ0n) is 17.3. The van der Waals surface area contributed by atoms with Crippen molar-refractivity contribution < 1.29 is 14.4 Å². The Balaban J connectivity index is 1.56. The van der Waals surface area contributed by atoms with Crippen LogP contribution in [0.5, 0.6) is 11.5 Å². The normalized spacial score (nSPS) is 18.2. The summed E-state index contributed by atoms with van der Waals surface area (Å²) in [5.41, 5.74) is 8.02. The van der Waals surface area contributed by atoms with Crippen molar-refractivity contribution in [1.29, 1.82) is 0 Å². The van der Waals surface area contributed by atoms with Gasteiger partial charge in [0.15, 0.2) is 5.82 Å². The van der Waals surface area contributed by atoms with E-state index in [-0.39, 0.29) is 12.0 Å². The van der Waals surface area contributed by atoms with Gasteiger partial charge in [-0.1, -0.05) is 18.2 Å². The lowest BCUT2D eigenvalue weighted by Crippen LogP contribution is -3.09. The van der Waals surface area contributed by atoms with Crippen LogP contribution in [0, 0.1) is 0 Å². The number of para-hydroxylation sites is 1. The number of anilines is 3. The standard InChI is InChI=1S/C22H26N6O2/c1-29-16-10-11-19(30-2)17(13-16)18-9-6-12-28(18)14-20-25-21(23)27-22(26-20)24-15-7-4-3-5-8-15/h3-5,7-8,10-11,13,18H,6,9,12,14H2,1-2H3,(H3,23,24,25,26,27)/p+1/t18-/m0/s1. The quantitative estimate of drug-likeness (QED) is 0.552. The van der Waals surface area contributed by atoms with E-state index in [9.17, 15) is 0 Å². The molecule has 30 heavy (non-hydrogen) atoms.